The van der Waals surface area contributed by atoms with Crippen LogP contribution in [0.3, 0.4) is 0 Å². The summed E-state index contributed by atoms with van der Waals surface area (Å²) in [5.41, 5.74) is 11.4. The molecule has 0 fully saturated rings. The molecule has 0 saturated carbocycles. The van der Waals surface area contributed by atoms with Crippen LogP contribution in [0.2, 0.25) is 0 Å². The van der Waals surface area contributed by atoms with Crippen LogP contribution < -0.4 is 0 Å². The summed E-state index contributed by atoms with van der Waals surface area (Å²) in [6.07, 6.45) is 0. The molecule has 0 aliphatic rings. The molecular weight excluding hydrogens is 498 g/mol. The first kappa shape index (κ1) is 23.0. The Morgan fingerprint density at radius 3 is 1.24 bits per heavy atom. The fourth-order valence-electron chi connectivity index (χ4n) is 6.19. The summed E-state index contributed by atoms with van der Waals surface area (Å²) in [7, 11) is 0. The van der Waals surface area contributed by atoms with E-state index in [1.807, 2.05) is 42.5 Å². The summed E-state index contributed by atoms with van der Waals surface area (Å²) in [5, 5.41) is 23.7. The molecule has 188 valence electrons. The number of hydrogen-bond donors (Lipinski definition) is 0. The van der Waals surface area contributed by atoms with Crippen LogP contribution in [0.25, 0.3) is 71.5 Å². The van der Waals surface area contributed by atoms with E-state index in [9.17, 15) is 10.5 Å². The van der Waals surface area contributed by atoms with Gasteiger partial charge in [0.25, 0.3) is 0 Å². The maximum absolute atomic E-state index is 9.59. The lowest BCUT2D eigenvalue weighted by molar-refractivity contribution is 1.36. The molecule has 0 radical (unpaired) electrons. The molecule has 0 unspecified atom stereocenters. The molecule has 2 heterocycles. The van der Waals surface area contributed by atoms with Gasteiger partial charge in [-0.3, -0.25) is 0 Å². The van der Waals surface area contributed by atoms with Crippen molar-refractivity contribution in [2.24, 2.45) is 0 Å². The fraction of sp³-hybridized carbons (Fsp3) is 0. The summed E-state index contributed by atoms with van der Waals surface area (Å²) >= 11 is 0. The van der Waals surface area contributed by atoms with E-state index >= 15 is 0 Å². The van der Waals surface area contributed by atoms with Crippen LogP contribution in [-0.4, -0.2) is 4.40 Å². The topological polar surface area (TPSA) is 52.0 Å². The molecule has 0 atom stereocenters. The van der Waals surface area contributed by atoms with Crippen molar-refractivity contribution < 1.29 is 0 Å². The summed E-state index contributed by atoms with van der Waals surface area (Å²) in [4.78, 5) is 0. The number of fused-ring (bicyclic) bond motifs is 6. The number of benzene rings is 6. The molecule has 0 N–H and O–H groups in total. The molecule has 0 spiro atoms. The Hall–Kier alpha value is -5.90. The van der Waals surface area contributed by atoms with Crippen molar-refractivity contribution in [2.45, 2.75) is 0 Å². The standard InChI is InChI=1S/C38H21N3/c39-22-24-6-16-32-34-20-31(21-35-33-17-7-25(23-40)19-37(33)41(38(34)35)36(32)18-24)30-14-12-29(13-15-30)28-10-8-27(9-11-28)26-4-2-1-3-5-26/h1-21H. The second-order valence-electron chi connectivity index (χ2n) is 10.5. The highest BCUT2D eigenvalue weighted by molar-refractivity contribution is 6.24. The van der Waals surface area contributed by atoms with Gasteiger partial charge in [-0.25, -0.2) is 0 Å². The van der Waals surface area contributed by atoms with Crippen molar-refractivity contribution in [2.75, 3.05) is 0 Å². The van der Waals surface area contributed by atoms with Crippen molar-refractivity contribution in [3.05, 3.63) is 139 Å². The lowest BCUT2D eigenvalue weighted by Gasteiger charge is -2.08. The van der Waals surface area contributed by atoms with E-state index in [0.29, 0.717) is 11.1 Å². The van der Waals surface area contributed by atoms with Crippen LogP contribution in [0.15, 0.2) is 127 Å². The second kappa shape index (κ2) is 8.82. The first-order chi connectivity index (χ1) is 20.2. The molecular formula is C38H21N3. The van der Waals surface area contributed by atoms with Crippen molar-refractivity contribution in [1.29, 1.82) is 10.5 Å². The van der Waals surface area contributed by atoms with Gasteiger partial charge in [-0.05, 0) is 69.8 Å². The summed E-state index contributed by atoms with van der Waals surface area (Å²) in [6, 6.07) is 48.7. The zero-order valence-electron chi connectivity index (χ0n) is 22.0. The Bertz CT molecular complexity index is 2240. The molecule has 0 aliphatic heterocycles. The minimum absolute atomic E-state index is 0.621. The smallest absolute Gasteiger partial charge is 0.0992 e. The van der Waals surface area contributed by atoms with E-state index in [1.54, 1.807) is 0 Å². The van der Waals surface area contributed by atoms with Crippen LogP contribution in [0, 0.1) is 22.7 Å². The van der Waals surface area contributed by atoms with Crippen LogP contribution in [0.5, 0.6) is 0 Å². The van der Waals surface area contributed by atoms with Crippen LogP contribution in [-0.2, 0) is 0 Å². The first-order valence-electron chi connectivity index (χ1n) is 13.6. The van der Waals surface area contributed by atoms with E-state index in [0.717, 1.165) is 49.2 Å². The van der Waals surface area contributed by atoms with E-state index < -0.39 is 0 Å². The highest BCUT2D eigenvalue weighted by atomic mass is 14.9. The Kier molecular flexibility index (Phi) is 4.95. The second-order valence-corrected chi connectivity index (χ2v) is 10.5. The van der Waals surface area contributed by atoms with Gasteiger partial charge in [0.1, 0.15) is 0 Å². The van der Waals surface area contributed by atoms with Gasteiger partial charge in [0.05, 0.1) is 39.8 Å². The van der Waals surface area contributed by atoms with Crippen molar-refractivity contribution in [3.8, 4) is 45.5 Å². The highest BCUT2D eigenvalue weighted by Crippen LogP contribution is 2.42. The number of hydrogen-bond acceptors (Lipinski definition) is 2. The molecule has 0 aliphatic carbocycles. The third-order valence-corrected chi connectivity index (χ3v) is 8.19. The summed E-state index contributed by atoms with van der Waals surface area (Å²) in [6.45, 7) is 0. The molecule has 0 bridgehead atoms. The highest BCUT2D eigenvalue weighted by Gasteiger charge is 2.19. The maximum Gasteiger partial charge on any atom is 0.0992 e. The van der Waals surface area contributed by atoms with E-state index in [-0.39, 0.29) is 0 Å². The van der Waals surface area contributed by atoms with Crippen molar-refractivity contribution in [1.82, 2.24) is 4.40 Å². The molecule has 2 aromatic heterocycles. The van der Waals surface area contributed by atoms with Gasteiger partial charge in [0.15, 0.2) is 0 Å². The quantitative estimate of drug-likeness (QED) is 0.233. The molecule has 41 heavy (non-hydrogen) atoms. The summed E-state index contributed by atoms with van der Waals surface area (Å²) < 4.78 is 2.21. The molecule has 0 saturated heterocycles. The number of rotatable bonds is 3. The minimum Gasteiger partial charge on any atom is -0.308 e. The van der Waals surface area contributed by atoms with E-state index in [4.69, 9.17) is 0 Å². The van der Waals surface area contributed by atoms with Gasteiger partial charge >= 0.3 is 0 Å². The predicted octanol–water partition coefficient (Wildman–Crippen LogP) is 9.58. The Balaban J connectivity index is 1.27. The lowest BCUT2D eigenvalue weighted by Crippen LogP contribution is -1.83. The molecule has 3 heteroatoms. The summed E-state index contributed by atoms with van der Waals surface area (Å²) in [5.74, 6) is 0. The van der Waals surface area contributed by atoms with Gasteiger partial charge in [-0.15, -0.1) is 0 Å². The van der Waals surface area contributed by atoms with Crippen molar-refractivity contribution in [3.63, 3.8) is 0 Å². The fourth-order valence-corrected chi connectivity index (χ4v) is 6.19. The molecule has 8 aromatic rings. The monoisotopic (exact) mass is 519 g/mol. The van der Waals surface area contributed by atoms with Gasteiger partial charge < -0.3 is 4.40 Å². The number of nitriles is 2. The third-order valence-electron chi connectivity index (χ3n) is 8.19. The average Bonchev–Trinajstić information content (AvgIpc) is 3.56. The van der Waals surface area contributed by atoms with Gasteiger partial charge in [-0.1, -0.05) is 91.0 Å². The third kappa shape index (κ3) is 3.51. The van der Waals surface area contributed by atoms with Gasteiger partial charge in [0.2, 0.25) is 0 Å². The molecule has 0 amide bonds. The molecule has 8 rings (SSSR count). The Morgan fingerprint density at radius 1 is 0.390 bits per heavy atom. The van der Waals surface area contributed by atoms with Crippen LogP contribution >= 0.6 is 0 Å². The van der Waals surface area contributed by atoms with Crippen LogP contribution in [0.1, 0.15) is 11.1 Å². The maximum atomic E-state index is 9.59. The van der Waals surface area contributed by atoms with Gasteiger partial charge in [-0.2, -0.15) is 10.5 Å². The lowest BCUT2D eigenvalue weighted by atomic mass is 9.96. The van der Waals surface area contributed by atoms with Crippen molar-refractivity contribution >= 4 is 38.1 Å². The average molecular weight is 520 g/mol. The minimum atomic E-state index is 0.621. The molecule has 3 nitrogen and oxygen atoms in total. The number of nitrogens with zero attached hydrogens (tertiary/aromatic N) is 3. The van der Waals surface area contributed by atoms with E-state index in [1.165, 1.54) is 22.3 Å². The molecule has 6 aromatic carbocycles. The predicted molar refractivity (Wildman–Crippen MR) is 167 cm³/mol. The van der Waals surface area contributed by atoms with Crippen LogP contribution in [0.4, 0.5) is 0 Å². The normalized spacial score (nSPS) is 11.4. The SMILES string of the molecule is N#Cc1ccc2c3cc(-c4ccc(-c5ccc(-c6ccccc6)cc5)cc4)cc4c5ccc(C#N)cc5n(c2c1)c34. The zero-order chi connectivity index (χ0) is 27.5. The number of aromatic nitrogens is 1. The zero-order valence-corrected chi connectivity index (χ0v) is 22.0. The Morgan fingerprint density at radius 2 is 0.805 bits per heavy atom. The first-order valence-corrected chi connectivity index (χ1v) is 13.6. The van der Waals surface area contributed by atoms with Gasteiger partial charge in [0, 0.05) is 21.5 Å². The largest absolute Gasteiger partial charge is 0.308 e. The van der Waals surface area contributed by atoms with E-state index in [2.05, 4.69) is 101 Å². The Labute approximate surface area is 236 Å².